The van der Waals surface area contributed by atoms with E-state index in [4.69, 9.17) is 16.3 Å². The minimum atomic E-state index is 0.522. The Morgan fingerprint density at radius 1 is 1.17 bits per heavy atom. The highest BCUT2D eigenvalue weighted by atomic mass is 79.9. The zero-order valence-electron chi connectivity index (χ0n) is 9.19. The van der Waals surface area contributed by atoms with Gasteiger partial charge in [-0.1, -0.05) is 23.7 Å². The van der Waals surface area contributed by atoms with Crippen molar-refractivity contribution in [2.24, 2.45) is 0 Å². The van der Waals surface area contributed by atoms with Gasteiger partial charge in [0.15, 0.2) is 5.75 Å². The van der Waals surface area contributed by atoms with E-state index in [-0.39, 0.29) is 0 Å². The van der Waals surface area contributed by atoms with Crippen LogP contribution in [-0.4, -0.2) is 6.41 Å². The molecule has 5 heteroatoms. The molecule has 0 fully saturated rings. The molecule has 0 heterocycles. The first-order valence-electron chi connectivity index (χ1n) is 5.13. The first-order valence-corrected chi connectivity index (χ1v) is 6.30. The Kier molecular flexibility index (Phi) is 4.23. The molecule has 2 aromatic rings. The van der Waals surface area contributed by atoms with Crippen molar-refractivity contribution in [1.29, 1.82) is 0 Å². The Balaban J connectivity index is 2.34. The maximum Gasteiger partial charge on any atom is 0.211 e. The van der Waals surface area contributed by atoms with Crippen molar-refractivity contribution >= 4 is 39.6 Å². The van der Waals surface area contributed by atoms with Gasteiger partial charge in [-0.25, -0.2) is 0 Å². The minimum Gasteiger partial charge on any atom is -0.454 e. The fraction of sp³-hybridized carbons (Fsp3) is 0. The van der Waals surface area contributed by atoms with Gasteiger partial charge in [0.25, 0.3) is 0 Å². The molecule has 0 bridgehead atoms. The monoisotopic (exact) mass is 325 g/mol. The van der Waals surface area contributed by atoms with Gasteiger partial charge in [0, 0.05) is 5.02 Å². The van der Waals surface area contributed by atoms with Crippen molar-refractivity contribution in [1.82, 2.24) is 0 Å². The van der Waals surface area contributed by atoms with Gasteiger partial charge in [-0.3, -0.25) is 4.79 Å². The molecule has 1 amide bonds. The third kappa shape index (κ3) is 3.03. The molecule has 0 radical (unpaired) electrons. The summed E-state index contributed by atoms with van der Waals surface area (Å²) < 4.78 is 6.55. The lowest BCUT2D eigenvalue weighted by atomic mass is 10.3. The summed E-state index contributed by atoms with van der Waals surface area (Å²) in [7, 11) is 0. The number of hydrogen-bond donors (Lipinski definition) is 1. The molecule has 18 heavy (non-hydrogen) atoms. The molecular weight excluding hydrogens is 318 g/mol. The molecule has 92 valence electrons. The number of anilines is 1. The molecule has 3 nitrogen and oxygen atoms in total. The number of ether oxygens (including phenoxy) is 1. The van der Waals surface area contributed by atoms with Crippen LogP contribution in [0.2, 0.25) is 5.02 Å². The number of hydrogen-bond acceptors (Lipinski definition) is 2. The van der Waals surface area contributed by atoms with Gasteiger partial charge in [0.2, 0.25) is 6.41 Å². The average Bonchev–Trinajstić information content (AvgIpc) is 2.35. The van der Waals surface area contributed by atoms with E-state index < -0.39 is 0 Å². The topological polar surface area (TPSA) is 38.3 Å². The molecule has 2 rings (SSSR count). The number of amides is 1. The fourth-order valence-electron chi connectivity index (χ4n) is 1.41. The van der Waals surface area contributed by atoms with Gasteiger partial charge in [-0.2, -0.15) is 0 Å². The lowest BCUT2D eigenvalue weighted by Gasteiger charge is -2.11. The van der Waals surface area contributed by atoms with Crippen LogP contribution < -0.4 is 10.1 Å². The number of nitrogens with one attached hydrogen (secondary N) is 1. The molecule has 2 aromatic carbocycles. The van der Waals surface area contributed by atoms with Gasteiger partial charge in [-0.05, 0) is 46.3 Å². The van der Waals surface area contributed by atoms with Gasteiger partial charge in [0.1, 0.15) is 5.75 Å². The largest absolute Gasteiger partial charge is 0.454 e. The fourth-order valence-corrected chi connectivity index (χ4v) is 1.95. The third-order valence-electron chi connectivity index (χ3n) is 2.21. The standard InChI is InChI=1S/C13H9BrClNO2/c14-10-3-1-2-4-12(10)18-13-6-5-9(15)7-11(13)16-8-17/h1-8H,(H,16,17). The molecule has 0 aromatic heterocycles. The number of rotatable bonds is 4. The zero-order valence-corrected chi connectivity index (χ0v) is 11.5. The van der Waals surface area contributed by atoms with Crippen molar-refractivity contribution in [3.05, 3.63) is 52.0 Å². The highest BCUT2D eigenvalue weighted by Crippen LogP contribution is 2.34. The van der Waals surface area contributed by atoms with E-state index in [0.29, 0.717) is 28.6 Å². The van der Waals surface area contributed by atoms with Crippen LogP contribution in [0.15, 0.2) is 46.9 Å². The SMILES string of the molecule is O=CNc1cc(Cl)ccc1Oc1ccccc1Br. The van der Waals surface area contributed by atoms with Gasteiger partial charge in [-0.15, -0.1) is 0 Å². The number of carbonyl (C=O) groups is 1. The van der Waals surface area contributed by atoms with Crippen LogP contribution in [0.3, 0.4) is 0 Å². The number of para-hydroxylation sites is 1. The first kappa shape index (κ1) is 12.9. The summed E-state index contributed by atoms with van der Waals surface area (Å²) in [4.78, 5) is 10.5. The molecule has 0 saturated carbocycles. The van der Waals surface area contributed by atoms with Crippen molar-refractivity contribution in [2.45, 2.75) is 0 Å². The van der Waals surface area contributed by atoms with Gasteiger partial charge >= 0.3 is 0 Å². The molecule has 0 aliphatic carbocycles. The van der Waals surface area contributed by atoms with E-state index in [1.165, 1.54) is 0 Å². The van der Waals surface area contributed by atoms with Crippen LogP contribution in [0.25, 0.3) is 0 Å². The Labute approximate surface area is 118 Å². The van der Waals surface area contributed by atoms with Crippen LogP contribution in [0.5, 0.6) is 11.5 Å². The normalized spacial score (nSPS) is 9.89. The van der Waals surface area contributed by atoms with Gasteiger partial charge in [0.05, 0.1) is 10.2 Å². The lowest BCUT2D eigenvalue weighted by molar-refractivity contribution is -0.105. The summed E-state index contributed by atoms with van der Waals surface area (Å²) in [6.07, 6.45) is 0.582. The molecule has 1 N–H and O–H groups in total. The van der Waals surface area contributed by atoms with E-state index in [1.807, 2.05) is 24.3 Å². The lowest BCUT2D eigenvalue weighted by Crippen LogP contribution is -1.97. The Morgan fingerprint density at radius 3 is 2.67 bits per heavy atom. The van der Waals surface area contributed by atoms with Crippen LogP contribution >= 0.6 is 27.5 Å². The van der Waals surface area contributed by atoms with Crippen molar-refractivity contribution in [3.8, 4) is 11.5 Å². The second-order valence-corrected chi connectivity index (χ2v) is 4.73. The van der Waals surface area contributed by atoms with E-state index in [0.717, 1.165) is 4.47 Å². The van der Waals surface area contributed by atoms with Crippen LogP contribution in [-0.2, 0) is 4.79 Å². The Morgan fingerprint density at radius 2 is 1.94 bits per heavy atom. The summed E-state index contributed by atoms with van der Waals surface area (Å²) in [6.45, 7) is 0. The summed E-state index contributed by atoms with van der Waals surface area (Å²) in [5, 5.41) is 3.08. The van der Waals surface area contributed by atoms with Crippen molar-refractivity contribution < 1.29 is 9.53 Å². The zero-order chi connectivity index (χ0) is 13.0. The maximum atomic E-state index is 10.5. The van der Waals surface area contributed by atoms with Crippen LogP contribution in [0.1, 0.15) is 0 Å². The summed E-state index contributed by atoms with van der Waals surface area (Å²) in [5.74, 6) is 1.19. The molecule has 0 aliphatic heterocycles. The van der Waals surface area contributed by atoms with E-state index >= 15 is 0 Å². The highest BCUT2D eigenvalue weighted by molar-refractivity contribution is 9.10. The van der Waals surface area contributed by atoms with Gasteiger partial charge < -0.3 is 10.1 Å². The Bertz CT molecular complexity index is 575. The van der Waals surface area contributed by atoms with E-state index in [9.17, 15) is 4.79 Å². The number of carbonyl (C=O) groups excluding carboxylic acids is 1. The van der Waals surface area contributed by atoms with Crippen molar-refractivity contribution in [3.63, 3.8) is 0 Å². The van der Waals surface area contributed by atoms with E-state index in [1.54, 1.807) is 18.2 Å². The number of benzene rings is 2. The smallest absolute Gasteiger partial charge is 0.211 e. The van der Waals surface area contributed by atoms with E-state index in [2.05, 4.69) is 21.2 Å². The third-order valence-corrected chi connectivity index (χ3v) is 3.10. The highest BCUT2D eigenvalue weighted by Gasteiger charge is 2.07. The summed E-state index contributed by atoms with van der Waals surface area (Å²) in [5.41, 5.74) is 0.522. The molecule has 0 saturated heterocycles. The second-order valence-electron chi connectivity index (χ2n) is 3.44. The number of halogens is 2. The molecule has 0 atom stereocenters. The maximum absolute atomic E-state index is 10.5. The van der Waals surface area contributed by atoms with Crippen LogP contribution in [0, 0.1) is 0 Å². The quantitative estimate of drug-likeness (QED) is 0.842. The summed E-state index contributed by atoms with van der Waals surface area (Å²) in [6, 6.07) is 12.5. The molecular formula is C13H9BrClNO2. The second kappa shape index (κ2) is 5.89. The summed E-state index contributed by atoms with van der Waals surface area (Å²) >= 11 is 9.26. The average molecular weight is 327 g/mol. The predicted octanol–water partition coefficient (Wildman–Crippen LogP) is 4.46. The van der Waals surface area contributed by atoms with Crippen molar-refractivity contribution in [2.75, 3.05) is 5.32 Å². The van der Waals surface area contributed by atoms with Crippen LogP contribution in [0.4, 0.5) is 5.69 Å². The minimum absolute atomic E-state index is 0.522. The first-order chi connectivity index (χ1) is 8.70. The molecule has 0 unspecified atom stereocenters. The Hall–Kier alpha value is -1.52. The molecule has 0 aliphatic rings. The molecule has 0 spiro atoms. The predicted molar refractivity (Wildman–Crippen MR) is 75.4 cm³/mol.